The van der Waals surface area contributed by atoms with Crippen LogP contribution in [0.2, 0.25) is 0 Å². The second-order valence-corrected chi connectivity index (χ2v) is 9.53. The first-order valence-corrected chi connectivity index (χ1v) is 12.6. The van der Waals surface area contributed by atoms with E-state index in [0.29, 0.717) is 5.92 Å². The summed E-state index contributed by atoms with van der Waals surface area (Å²) in [6.07, 6.45) is 10.3. The summed E-state index contributed by atoms with van der Waals surface area (Å²) < 4.78 is 0. The fourth-order valence-corrected chi connectivity index (χ4v) is 3.48. The third-order valence-electron chi connectivity index (χ3n) is 5.53. The number of aliphatic hydroxyl groups is 2. The first-order chi connectivity index (χ1) is 17.0. The Morgan fingerprint density at radius 3 is 2.61 bits per heavy atom. The summed E-state index contributed by atoms with van der Waals surface area (Å²) in [7, 11) is 0. The summed E-state index contributed by atoms with van der Waals surface area (Å²) in [5, 5.41) is 30.7. The smallest absolute Gasteiger partial charge is 0.245 e. The molecule has 0 aliphatic carbocycles. The zero-order valence-corrected chi connectivity index (χ0v) is 21.7. The van der Waals surface area contributed by atoms with Crippen molar-refractivity contribution >= 4 is 23.6 Å². The predicted octanol–water partition coefficient (Wildman–Crippen LogP) is 0.607. The zero-order valence-electron chi connectivity index (χ0n) is 21.7. The molecule has 1 unspecified atom stereocenters. The van der Waals surface area contributed by atoms with E-state index in [9.17, 15) is 29.4 Å². The number of allylic oxidation sites excluding steroid dienone is 3. The Kier molecular flexibility index (Phi) is 14.4. The minimum Gasteiger partial charge on any atom is -0.393 e. The second-order valence-electron chi connectivity index (χ2n) is 9.53. The third-order valence-corrected chi connectivity index (χ3v) is 5.53. The molecule has 1 heterocycles. The molecule has 0 aromatic heterocycles. The van der Waals surface area contributed by atoms with E-state index in [1.54, 1.807) is 19.1 Å². The van der Waals surface area contributed by atoms with E-state index in [1.165, 1.54) is 25.2 Å². The van der Waals surface area contributed by atoms with E-state index in [-0.39, 0.29) is 25.3 Å². The minimum atomic E-state index is -1.31. The lowest BCUT2D eigenvalue weighted by Crippen LogP contribution is -2.58. The molecule has 0 fully saturated rings. The van der Waals surface area contributed by atoms with Crippen LogP contribution >= 0.6 is 0 Å². The highest BCUT2D eigenvalue weighted by atomic mass is 16.3. The van der Waals surface area contributed by atoms with Gasteiger partial charge in [-0.25, -0.2) is 0 Å². The molecular formula is C26H42N4O6. The van der Waals surface area contributed by atoms with Crippen molar-refractivity contribution < 1.29 is 29.4 Å². The lowest BCUT2D eigenvalue weighted by atomic mass is 10.0. The van der Waals surface area contributed by atoms with Gasteiger partial charge in [0.25, 0.3) is 0 Å². The number of hydrogen-bond donors (Lipinski definition) is 6. The van der Waals surface area contributed by atoms with Gasteiger partial charge in [-0.05, 0) is 39.0 Å². The molecule has 0 aromatic carbocycles. The summed E-state index contributed by atoms with van der Waals surface area (Å²) in [6, 6.07) is -2.92. The van der Waals surface area contributed by atoms with Gasteiger partial charge in [0.1, 0.15) is 12.1 Å². The molecule has 0 radical (unpaired) electrons. The van der Waals surface area contributed by atoms with Crippen molar-refractivity contribution in [2.45, 2.75) is 90.1 Å². The summed E-state index contributed by atoms with van der Waals surface area (Å²) in [6.45, 7) is 7.54. The molecule has 1 aliphatic heterocycles. The number of rotatable bonds is 10. The fourth-order valence-electron chi connectivity index (χ4n) is 3.48. The monoisotopic (exact) mass is 506 g/mol. The van der Waals surface area contributed by atoms with Crippen molar-refractivity contribution in [3.63, 3.8) is 0 Å². The van der Waals surface area contributed by atoms with E-state index >= 15 is 0 Å². The number of unbranched alkanes of at least 4 members (excludes halogenated alkanes) is 1. The maximum Gasteiger partial charge on any atom is 0.245 e. The maximum absolute atomic E-state index is 12.9. The average molecular weight is 507 g/mol. The Morgan fingerprint density at radius 1 is 1.22 bits per heavy atom. The fraction of sp³-hybridized carbons (Fsp3) is 0.615. The van der Waals surface area contributed by atoms with Crippen LogP contribution in [0.1, 0.15) is 59.8 Å². The van der Waals surface area contributed by atoms with Crippen molar-refractivity contribution in [3.8, 4) is 0 Å². The number of carbonyl (C=O) groups excluding carboxylic acids is 4. The molecule has 0 bridgehead atoms. The Balaban J connectivity index is 2.79. The van der Waals surface area contributed by atoms with E-state index < -0.39 is 48.1 Å². The van der Waals surface area contributed by atoms with Crippen LogP contribution in [0.25, 0.3) is 0 Å². The second kappa shape index (κ2) is 16.6. The molecule has 10 heteroatoms. The molecule has 4 amide bonds. The molecule has 6 N–H and O–H groups in total. The van der Waals surface area contributed by atoms with E-state index in [0.717, 1.165) is 19.3 Å². The van der Waals surface area contributed by atoms with Gasteiger partial charge in [-0.3, -0.25) is 19.2 Å². The van der Waals surface area contributed by atoms with Gasteiger partial charge >= 0.3 is 0 Å². The Morgan fingerprint density at radius 2 is 1.94 bits per heavy atom. The minimum absolute atomic E-state index is 0.105. The first-order valence-electron chi connectivity index (χ1n) is 12.6. The predicted molar refractivity (Wildman–Crippen MR) is 138 cm³/mol. The van der Waals surface area contributed by atoms with Gasteiger partial charge in [-0.2, -0.15) is 0 Å². The van der Waals surface area contributed by atoms with Crippen LogP contribution in [0.15, 0.2) is 36.5 Å². The van der Waals surface area contributed by atoms with Gasteiger partial charge in [-0.15, -0.1) is 0 Å². The summed E-state index contributed by atoms with van der Waals surface area (Å²) in [4.78, 5) is 49.6. The normalized spacial score (nSPS) is 24.4. The molecule has 5 atom stereocenters. The largest absolute Gasteiger partial charge is 0.393 e. The standard InChI is InChI=1S/C26H42N4O6/c1-17(2)10-8-6-5-7-9-11-23(34)30-24(19(4)31)26(36)29-21-16-20(32)14-15-27-22(33)13-12-18(3)28-25(21)35/h5,7,9,11-13,17-21,24,31-32H,6,8,10,14-16H2,1-4H3,(H,27,33)(H,28,35)(H,29,36)(H,30,34)/b7-5+,11-9+,13-12+/t18?,19-,20+,21+,24+/m1/s1. The van der Waals surface area contributed by atoms with E-state index in [4.69, 9.17) is 0 Å². The average Bonchev–Trinajstić information content (AvgIpc) is 2.79. The topological polar surface area (TPSA) is 157 Å². The number of hydrogen-bond acceptors (Lipinski definition) is 6. The van der Waals surface area contributed by atoms with Crippen LogP contribution in [-0.2, 0) is 19.2 Å². The van der Waals surface area contributed by atoms with Crippen molar-refractivity contribution in [2.24, 2.45) is 5.92 Å². The summed E-state index contributed by atoms with van der Waals surface area (Å²) in [5.74, 6) is -1.57. The number of nitrogens with one attached hydrogen (secondary N) is 4. The van der Waals surface area contributed by atoms with Crippen molar-refractivity contribution in [3.05, 3.63) is 36.5 Å². The van der Waals surface area contributed by atoms with Gasteiger partial charge in [-0.1, -0.05) is 44.6 Å². The highest BCUT2D eigenvalue weighted by Gasteiger charge is 2.31. The number of carbonyl (C=O) groups is 4. The van der Waals surface area contributed by atoms with E-state index in [1.807, 2.05) is 6.08 Å². The molecule has 202 valence electrons. The van der Waals surface area contributed by atoms with Gasteiger partial charge < -0.3 is 31.5 Å². The summed E-state index contributed by atoms with van der Waals surface area (Å²) in [5.41, 5.74) is 0. The third kappa shape index (κ3) is 13.2. The molecule has 10 nitrogen and oxygen atoms in total. The maximum atomic E-state index is 12.9. The lowest BCUT2D eigenvalue weighted by molar-refractivity contribution is -0.134. The van der Waals surface area contributed by atoms with Crippen LogP contribution < -0.4 is 21.3 Å². The molecule has 0 spiro atoms. The molecule has 0 saturated heterocycles. The zero-order chi connectivity index (χ0) is 27.1. The van der Waals surface area contributed by atoms with E-state index in [2.05, 4.69) is 35.1 Å². The molecule has 0 saturated carbocycles. The molecule has 36 heavy (non-hydrogen) atoms. The number of aliphatic hydroxyl groups excluding tert-OH is 2. The number of amides is 4. The highest BCUT2D eigenvalue weighted by molar-refractivity contribution is 5.95. The van der Waals surface area contributed by atoms with Crippen LogP contribution in [0.3, 0.4) is 0 Å². The molecular weight excluding hydrogens is 464 g/mol. The van der Waals surface area contributed by atoms with Gasteiger partial charge in [0.15, 0.2) is 0 Å². The Labute approximate surface area is 213 Å². The lowest BCUT2D eigenvalue weighted by Gasteiger charge is -2.26. The van der Waals surface area contributed by atoms with Gasteiger partial charge in [0.05, 0.1) is 12.2 Å². The van der Waals surface area contributed by atoms with Crippen LogP contribution in [-0.4, -0.2) is 70.7 Å². The van der Waals surface area contributed by atoms with Crippen LogP contribution in [0.4, 0.5) is 0 Å². The van der Waals surface area contributed by atoms with Crippen LogP contribution in [0.5, 0.6) is 0 Å². The van der Waals surface area contributed by atoms with Crippen molar-refractivity contribution in [1.29, 1.82) is 0 Å². The first kappa shape index (κ1) is 31.1. The highest BCUT2D eigenvalue weighted by Crippen LogP contribution is 2.07. The van der Waals surface area contributed by atoms with Crippen molar-refractivity contribution in [2.75, 3.05) is 6.54 Å². The van der Waals surface area contributed by atoms with Crippen molar-refractivity contribution in [1.82, 2.24) is 21.3 Å². The van der Waals surface area contributed by atoms with Crippen LogP contribution in [0, 0.1) is 5.92 Å². The Bertz CT molecular complexity index is 821. The molecule has 0 aromatic rings. The molecule has 1 rings (SSSR count). The van der Waals surface area contributed by atoms with Gasteiger partial charge in [0.2, 0.25) is 23.6 Å². The summed E-state index contributed by atoms with van der Waals surface area (Å²) >= 11 is 0. The van der Waals surface area contributed by atoms with Gasteiger partial charge in [0, 0.05) is 31.2 Å². The Hall–Kier alpha value is -2.98. The molecule has 1 aliphatic rings. The quantitative estimate of drug-likeness (QED) is 0.145. The SMILES string of the molecule is CC(C)CCC/C=C/C=C/C(=O)N[C@H](C(=O)N[C@H]1C[C@@H](O)CCNC(=O)/C=C/C(C)NC1=O)[C@@H](C)O.